The van der Waals surface area contributed by atoms with E-state index in [2.05, 4.69) is 0 Å². The molecule has 0 aliphatic heterocycles. The molecular formula is C13H20N2O4S. The molecule has 1 aliphatic rings. The summed E-state index contributed by atoms with van der Waals surface area (Å²) in [6.07, 6.45) is 3.10. The SMILES string of the molecule is CC(O)c1cc([N+](=O)[O-])c(N(CCCO)C2CCC2)s1. The topological polar surface area (TPSA) is 86.8 Å². The first-order chi connectivity index (χ1) is 9.54. The highest BCUT2D eigenvalue weighted by atomic mass is 32.1. The van der Waals surface area contributed by atoms with Crippen LogP contribution in [-0.4, -0.2) is 34.3 Å². The van der Waals surface area contributed by atoms with Gasteiger partial charge in [0.05, 0.1) is 11.0 Å². The van der Waals surface area contributed by atoms with Crippen LogP contribution >= 0.6 is 11.3 Å². The van der Waals surface area contributed by atoms with E-state index in [0.717, 1.165) is 19.3 Å². The number of anilines is 1. The molecule has 2 N–H and O–H groups in total. The average molecular weight is 300 g/mol. The summed E-state index contributed by atoms with van der Waals surface area (Å²) in [5, 5.41) is 30.5. The molecular weight excluding hydrogens is 280 g/mol. The van der Waals surface area contributed by atoms with Gasteiger partial charge in [0.15, 0.2) is 5.00 Å². The molecule has 20 heavy (non-hydrogen) atoms. The van der Waals surface area contributed by atoms with E-state index in [-0.39, 0.29) is 17.2 Å². The third-order valence-electron chi connectivity index (χ3n) is 3.65. The van der Waals surface area contributed by atoms with Crippen LogP contribution in [0.2, 0.25) is 0 Å². The summed E-state index contributed by atoms with van der Waals surface area (Å²) in [4.78, 5) is 13.5. The van der Waals surface area contributed by atoms with Gasteiger partial charge in [-0.25, -0.2) is 0 Å². The van der Waals surface area contributed by atoms with Crippen molar-refractivity contribution in [2.24, 2.45) is 0 Å². The van der Waals surface area contributed by atoms with E-state index in [1.165, 1.54) is 17.4 Å². The number of hydrogen-bond acceptors (Lipinski definition) is 6. The lowest BCUT2D eigenvalue weighted by Crippen LogP contribution is -2.41. The Kier molecular flexibility index (Phi) is 4.95. The fraction of sp³-hybridized carbons (Fsp3) is 0.692. The van der Waals surface area contributed by atoms with Crippen LogP contribution in [-0.2, 0) is 0 Å². The van der Waals surface area contributed by atoms with Crippen LogP contribution in [0.15, 0.2) is 6.07 Å². The molecule has 1 saturated carbocycles. The third kappa shape index (κ3) is 3.11. The maximum absolute atomic E-state index is 11.2. The van der Waals surface area contributed by atoms with Gasteiger partial charge < -0.3 is 15.1 Å². The van der Waals surface area contributed by atoms with Crippen molar-refractivity contribution in [3.05, 3.63) is 21.1 Å². The molecule has 1 aliphatic carbocycles. The number of aliphatic hydroxyl groups is 2. The molecule has 1 aromatic rings. The summed E-state index contributed by atoms with van der Waals surface area (Å²) in [6.45, 7) is 2.30. The lowest BCUT2D eigenvalue weighted by atomic mass is 9.91. The van der Waals surface area contributed by atoms with Gasteiger partial charge in [0, 0.05) is 30.1 Å². The van der Waals surface area contributed by atoms with E-state index in [9.17, 15) is 15.2 Å². The van der Waals surface area contributed by atoms with E-state index < -0.39 is 6.10 Å². The maximum Gasteiger partial charge on any atom is 0.304 e. The number of nitrogens with zero attached hydrogens (tertiary/aromatic N) is 2. The zero-order chi connectivity index (χ0) is 14.7. The van der Waals surface area contributed by atoms with Crippen LogP contribution in [0.4, 0.5) is 10.7 Å². The van der Waals surface area contributed by atoms with Crippen molar-refractivity contribution < 1.29 is 15.1 Å². The molecule has 7 heteroatoms. The van der Waals surface area contributed by atoms with Crippen LogP contribution in [0.25, 0.3) is 0 Å². The molecule has 6 nitrogen and oxygen atoms in total. The van der Waals surface area contributed by atoms with Gasteiger partial charge in [-0.05, 0) is 32.6 Å². The first-order valence-electron chi connectivity index (χ1n) is 6.88. The number of hydrogen-bond donors (Lipinski definition) is 2. The van der Waals surface area contributed by atoms with Crippen LogP contribution < -0.4 is 4.90 Å². The van der Waals surface area contributed by atoms with Crippen molar-refractivity contribution in [2.45, 2.75) is 44.8 Å². The number of nitro groups is 1. The average Bonchev–Trinajstić information content (AvgIpc) is 2.76. The second-order valence-electron chi connectivity index (χ2n) is 5.13. The predicted molar refractivity (Wildman–Crippen MR) is 78.3 cm³/mol. The predicted octanol–water partition coefficient (Wildman–Crippen LogP) is 2.45. The second-order valence-corrected chi connectivity index (χ2v) is 6.19. The van der Waals surface area contributed by atoms with E-state index in [0.29, 0.717) is 28.9 Å². The van der Waals surface area contributed by atoms with E-state index in [4.69, 9.17) is 5.11 Å². The van der Waals surface area contributed by atoms with Gasteiger partial charge in [-0.1, -0.05) is 0 Å². The van der Waals surface area contributed by atoms with Gasteiger partial charge in [0.1, 0.15) is 0 Å². The quantitative estimate of drug-likeness (QED) is 0.596. The molecule has 0 radical (unpaired) electrons. The van der Waals surface area contributed by atoms with Gasteiger partial charge in [0.2, 0.25) is 0 Å². The largest absolute Gasteiger partial charge is 0.396 e. The highest BCUT2D eigenvalue weighted by molar-refractivity contribution is 7.16. The Morgan fingerprint density at radius 2 is 2.30 bits per heavy atom. The summed E-state index contributed by atoms with van der Waals surface area (Å²) < 4.78 is 0. The highest BCUT2D eigenvalue weighted by Gasteiger charge is 2.32. The minimum absolute atomic E-state index is 0.0655. The van der Waals surface area contributed by atoms with Crippen molar-refractivity contribution in [3.63, 3.8) is 0 Å². The van der Waals surface area contributed by atoms with Crippen LogP contribution in [0.5, 0.6) is 0 Å². The summed E-state index contributed by atoms with van der Waals surface area (Å²) in [7, 11) is 0. The fourth-order valence-electron chi connectivity index (χ4n) is 2.32. The second kappa shape index (κ2) is 6.51. The molecule has 1 aromatic heterocycles. The van der Waals surface area contributed by atoms with Crippen LogP contribution in [0.1, 0.15) is 43.6 Å². The van der Waals surface area contributed by atoms with Gasteiger partial charge in [-0.3, -0.25) is 10.1 Å². The molecule has 112 valence electrons. The standard InChI is InChI=1S/C13H20N2O4S/c1-9(17)12-8-11(15(18)19)13(20-12)14(6-3-7-16)10-4-2-5-10/h8-10,16-17H,2-7H2,1H3. The molecule has 1 heterocycles. The monoisotopic (exact) mass is 300 g/mol. The van der Waals surface area contributed by atoms with E-state index >= 15 is 0 Å². The summed E-state index contributed by atoms with van der Waals surface area (Å²) in [5.74, 6) is 0. The van der Waals surface area contributed by atoms with Crippen molar-refractivity contribution in [1.82, 2.24) is 0 Å². The lowest BCUT2D eigenvalue weighted by Gasteiger charge is -2.37. The Labute approximate surface area is 121 Å². The van der Waals surface area contributed by atoms with Crippen molar-refractivity contribution in [2.75, 3.05) is 18.1 Å². The van der Waals surface area contributed by atoms with Gasteiger partial charge in [-0.15, -0.1) is 11.3 Å². The molecule has 1 unspecified atom stereocenters. The molecule has 2 rings (SSSR count). The van der Waals surface area contributed by atoms with E-state index in [1.807, 2.05) is 4.90 Å². The van der Waals surface area contributed by atoms with Crippen molar-refractivity contribution >= 4 is 22.0 Å². The maximum atomic E-state index is 11.2. The molecule has 0 aromatic carbocycles. The molecule has 0 amide bonds. The number of aliphatic hydroxyl groups excluding tert-OH is 2. The summed E-state index contributed by atoms with van der Waals surface area (Å²) in [6, 6.07) is 1.79. The van der Waals surface area contributed by atoms with Gasteiger partial charge in [0.25, 0.3) is 0 Å². The van der Waals surface area contributed by atoms with Crippen LogP contribution in [0.3, 0.4) is 0 Å². The molecule has 0 bridgehead atoms. The third-order valence-corrected chi connectivity index (χ3v) is 4.99. The zero-order valence-electron chi connectivity index (χ0n) is 11.5. The zero-order valence-corrected chi connectivity index (χ0v) is 12.3. The Morgan fingerprint density at radius 1 is 1.60 bits per heavy atom. The normalized spacial score (nSPS) is 16.8. The van der Waals surface area contributed by atoms with Crippen molar-refractivity contribution in [1.29, 1.82) is 0 Å². The van der Waals surface area contributed by atoms with Crippen LogP contribution in [0, 0.1) is 10.1 Å². The Bertz CT molecular complexity index is 471. The Morgan fingerprint density at radius 3 is 2.75 bits per heavy atom. The van der Waals surface area contributed by atoms with E-state index in [1.54, 1.807) is 6.92 Å². The summed E-state index contributed by atoms with van der Waals surface area (Å²) >= 11 is 1.28. The first kappa shape index (κ1) is 15.2. The molecule has 0 saturated heterocycles. The number of thiophene rings is 1. The molecule has 1 fully saturated rings. The Balaban J connectivity index is 2.32. The Hall–Kier alpha value is -1.18. The number of rotatable bonds is 7. The summed E-state index contributed by atoms with van der Waals surface area (Å²) in [5.41, 5.74) is 0.0655. The minimum Gasteiger partial charge on any atom is -0.396 e. The van der Waals surface area contributed by atoms with Crippen molar-refractivity contribution in [3.8, 4) is 0 Å². The minimum atomic E-state index is -0.700. The van der Waals surface area contributed by atoms with Gasteiger partial charge >= 0.3 is 5.69 Å². The van der Waals surface area contributed by atoms with Gasteiger partial charge in [-0.2, -0.15) is 0 Å². The lowest BCUT2D eigenvalue weighted by molar-refractivity contribution is -0.383. The highest BCUT2D eigenvalue weighted by Crippen LogP contribution is 2.43. The molecule has 0 spiro atoms. The molecule has 1 atom stereocenters. The first-order valence-corrected chi connectivity index (χ1v) is 7.70. The smallest absolute Gasteiger partial charge is 0.304 e. The fourth-order valence-corrected chi connectivity index (χ4v) is 3.48.